The zero-order chi connectivity index (χ0) is 11.2. The summed E-state index contributed by atoms with van der Waals surface area (Å²) >= 11 is 7.57. The molecule has 1 N–H and O–H groups in total. The van der Waals surface area contributed by atoms with Crippen molar-refractivity contribution in [1.29, 1.82) is 0 Å². The molecule has 0 bridgehead atoms. The third kappa shape index (κ3) is 3.81. The summed E-state index contributed by atoms with van der Waals surface area (Å²) in [5.74, 6) is 2.52. The van der Waals surface area contributed by atoms with Crippen LogP contribution in [0.4, 0.5) is 0 Å². The van der Waals surface area contributed by atoms with E-state index in [9.17, 15) is 0 Å². The number of rotatable bonds is 1. The van der Waals surface area contributed by atoms with Gasteiger partial charge in [-0.1, -0.05) is 19.3 Å². The van der Waals surface area contributed by atoms with E-state index in [0.29, 0.717) is 6.04 Å². The maximum absolute atomic E-state index is 5.52. The number of hydrogen-bond acceptors (Lipinski definition) is 2. The highest BCUT2D eigenvalue weighted by Crippen LogP contribution is 2.18. The molecule has 0 radical (unpaired) electrons. The first-order valence-corrected chi connectivity index (χ1v) is 8.06. The highest BCUT2D eigenvalue weighted by molar-refractivity contribution is 7.99. The Morgan fingerprint density at radius 3 is 2.69 bits per heavy atom. The topological polar surface area (TPSA) is 15.3 Å². The van der Waals surface area contributed by atoms with Crippen LogP contribution < -0.4 is 5.32 Å². The summed E-state index contributed by atoms with van der Waals surface area (Å²) in [6.07, 6.45) is 8.04. The van der Waals surface area contributed by atoms with Gasteiger partial charge in [0.1, 0.15) is 0 Å². The van der Waals surface area contributed by atoms with Gasteiger partial charge in [0.15, 0.2) is 5.11 Å². The Bertz CT molecular complexity index is 219. The summed E-state index contributed by atoms with van der Waals surface area (Å²) in [4.78, 5) is 2.37. The minimum absolute atomic E-state index is 0.650. The normalized spacial score (nSPS) is 23.9. The molecule has 1 aliphatic heterocycles. The molecule has 1 aliphatic carbocycles. The highest BCUT2D eigenvalue weighted by atomic mass is 32.2. The first kappa shape index (κ1) is 12.5. The van der Waals surface area contributed by atoms with E-state index in [1.165, 1.54) is 50.0 Å². The van der Waals surface area contributed by atoms with Gasteiger partial charge in [0, 0.05) is 24.9 Å². The summed E-state index contributed by atoms with van der Waals surface area (Å²) in [6, 6.07) is 0.650. The Morgan fingerprint density at radius 2 is 1.88 bits per heavy atom. The molecule has 1 saturated carbocycles. The van der Waals surface area contributed by atoms with E-state index in [0.717, 1.165) is 18.2 Å². The SMILES string of the molecule is S=C(NC1CCCCC1)N1CCCSCC1. The van der Waals surface area contributed by atoms with Crippen molar-refractivity contribution in [1.82, 2.24) is 10.2 Å². The van der Waals surface area contributed by atoms with Crippen LogP contribution in [-0.2, 0) is 0 Å². The van der Waals surface area contributed by atoms with Crippen molar-refractivity contribution in [2.24, 2.45) is 0 Å². The van der Waals surface area contributed by atoms with Crippen LogP contribution in [0.5, 0.6) is 0 Å². The Balaban J connectivity index is 1.76. The van der Waals surface area contributed by atoms with E-state index in [1.54, 1.807) is 0 Å². The van der Waals surface area contributed by atoms with Crippen molar-refractivity contribution in [3.63, 3.8) is 0 Å². The lowest BCUT2D eigenvalue weighted by Crippen LogP contribution is -2.46. The van der Waals surface area contributed by atoms with Gasteiger partial charge in [0.05, 0.1) is 0 Å². The number of thiocarbonyl (C=S) groups is 1. The molecule has 92 valence electrons. The van der Waals surface area contributed by atoms with Crippen molar-refractivity contribution in [3.8, 4) is 0 Å². The van der Waals surface area contributed by atoms with E-state index in [2.05, 4.69) is 22.0 Å². The second-order valence-corrected chi connectivity index (χ2v) is 6.35. The number of thioether (sulfide) groups is 1. The van der Waals surface area contributed by atoms with Crippen LogP contribution in [-0.4, -0.2) is 40.6 Å². The van der Waals surface area contributed by atoms with Gasteiger partial charge >= 0.3 is 0 Å². The lowest BCUT2D eigenvalue weighted by Gasteiger charge is -2.29. The molecule has 2 fully saturated rings. The minimum atomic E-state index is 0.650. The van der Waals surface area contributed by atoms with Crippen molar-refractivity contribution >= 4 is 29.1 Å². The van der Waals surface area contributed by atoms with Crippen LogP contribution in [0, 0.1) is 0 Å². The first-order chi connectivity index (χ1) is 7.86. The second-order valence-electron chi connectivity index (χ2n) is 4.74. The molecule has 0 aromatic carbocycles. The Labute approximate surface area is 109 Å². The largest absolute Gasteiger partial charge is 0.360 e. The molecule has 16 heavy (non-hydrogen) atoms. The highest BCUT2D eigenvalue weighted by Gasteiger charge is 2.17. The van der Waals surface area contributed by atoms with Crippen LogP contribution in [0.3, 0.4) is 0 Å². The molecule has 2 aliphatic rings. The summed E-state index contributed by atoms with van der Waals surface area (Å²) in [6.45, 7) is 2.27. The molecular formula is C12H22N2S2. The lowest BCUT2D eigenvalue weighted by molar-refractivity contribution is 0.382. The van der Waals surface area contributed by atoms with Crippen molar-refractivity contribution < 1.29 is 0 Å². The van der Waals surface area contributed by atoms with Gasteiger partial charge in [0.2, 0.25) is 0 Å². The summed E-state index contributed by atoms with van der Waals surface area (Å²) in [5, 5.41) is 4.57. The van der Waals surface area contributed by atoms with Gasteiger partial charge in [-0.3, -0.25) is 0 Å². The lowest BCUT2D eigenvalue weighted by atomic mass is 9.96. The monoisotopic (exact) mass is 258 g/mol. The average Bonchev–Trinajstić information content (AvgIpc) is 2.59. The van der Waals surface area contributed by atoms with E-state index in [-0.39, 0.29) is 0 Å². The van der Waals surface area contributed by atoms with Crippen LogP contribution in [0.25, 0.3) is 0 Å². The fourth-order valence-corrected chi connectivity index (χ4v) is 3.70. The molecule has 1 saturated heterocycles. The molecule has 4 heteroatoms. The molecule has 0 aromatic heterocycles. The van der Waals surface area contributed by atoms with Gasteiger partial charge in [0.25, 0.3) is 0 Å². The van der Waals surface area contributed by atoms with Crippen molar-refractivity contribution in [2.45, 2.75) is 44.6 Å². The maximum atomic E-state index is 5.52. The molecule has 2 nitrogen and oxygen atoms in total. The fraction of sp³-hybridized carbons (Fsp3) is 0.917. The molecule has 0 amide bonds. The third-order valence-corrected chi connectivity index (χ3v) is 4.87. The molecule has 0 unspecified atom stereocenters. The molecule has 0 aromatic rings. The fourth-order valence-electron chi connectivity index (χ4n) is 2.46. The Kier molecular flexibility index (Phi) is 5.23. The van der Waals surface area contributed by atoms with Gasteiger partial charge in [-0.05, 0) is 37.2 Å². The number of hydrogen-bond donors (Lipinski definition) is 1. The number of nitrogens with zero attached hydrogens (tertiary/aromatic N) is 1. The first-order valence-electron chi connectivity index (χ1n) is 6.49. The summed E-state index contributed by atoms with van der Waals surface area (Å²) < 4.78 is 0. The molecule has 2 rings (SSSR count). The van der Waals surface area contributed by atoms with E-state index < -0.39 is 0 Å². The zero-order valence-electron chi connectivity index (χ0n) is 9.91. The van der Waals surface area contributed by atoms with E-state index >= 15 is 0 Å². The van der Waals surface area contributed by atoms with Gasteiger partial charge < -0.3 is 10.2 Å². The van der Waals surface area contributed by atoms with Gasteiger partial charge in [-0.25, -0.2) is 0 Å². The van der Waals surface area contributed by atoms with Crippen molar-refractivity contribution in [3.05, 3.63) is 0 Å². The third-order valence-electron chi connectivity index (χ3n) is 3.44. The van der Waals surface area contributed by atoms with Crippen LogP contribution in [0.2, 0.25) is 0 Å². The molecule has 0 spiro atoms. The standard InChI is InChI=1S/C12H22N2S2/c15-12(13-11-5-2-1-3-6-11)14-7-4-9-16-10-8-14/h11H,1-10H2,(H,13,15). The molecule has 0 atom stereocenters. The van der Waals surface area contributed by atoms with E-state index in [1.807, 2.05) is 0 Å². The minimum Gasteiger partial charge on any atom is -0.360 e. The quantitative estimate of drug-likeness (QED) is 0.727. The predicted octanol–water partition coefficient (Wildman–Crippen LogP) is 2.63. The van der Waals surface area contributed by atoms with Gasteiger partial charge in [-0.15, -0.1) is 0 Å². The van der Waals surface area contributed by atoms with Crippen LogP contribution in [0.15, 0.2) is 0 Å². The average molecular weight is 258 g/mol. The maximum Gasteiger partial charge on any atom is 0.169 e. The Hall–Kier alpha value is 0.0400. The second kappa shape index (κ2) is 6.70. The number of nitrogens with one attached hydrogen (secondary N) is 1. The van der Waals surface area contributed by atoms with Crippen LogP contribution >= 0.6 is 24.0 Å². The summed E-state index contributed by atoms with van der Waals surface area (Å²) in [5.41, 5.74) is 0. The Morgan fingerprint density at radius 1 is 1.06 bits per heavy atom. The van der Waals surface area contributed by atoms with Crippen molar-refractivity contribution in [2.75, 3.05) is 24.6 Å². The molecular weight excluding hydrogens is 236 g/mol. The predicted molar refractivity (Wildman–Crippen MR) is 76.1 cm³/mol. The van der Waals surface area contributed by atoms with E-state index in [4.69, 9.17) is 12.2 Å². The molecule has 1 heterocycles. The zero-order valence-corrected chi connectivity index (χ0v) is 11.5. The smallest absolute Gasteiger partial charge is 0.169 e. The summed E-state index contributed by atoms with van der Waals surface area (Å²) in [7, 11) is 0. The van der Waals surface area contributed by atoms with Gasteiger partial charge in [-0.2, -0.15) is 11.8 Å². The van der Waals surface area contributed by atoms with Crippen LogP contribution in [0.1, 0.15) is 38.5 Å².